The van der Waals surface area contributed by atoms with Crippen molar-refractivity contribution in [1.29, 1.82) is 0 Å². The molecule has 0 bridgehead atoms. The first-order valence-electron chi connectivity index (χ1n) is 33.6. The van der Waals surface area contributed by atoms with E-state index in [1.807, 2.05) is 0 Å². The molecule has 0 aromatic heterocycles. The Morgan fingerprint density at radius 1 is 0.434 bits per heavy atom. The van der Waals surface area contributed by atoms with Gasteiger partial charge >= 0.3 is 0 Å². The summed E-state index contributed by atoms with van der Waals surface area (Å²) in [6, 6.07) is -2.38. The topological polar surface area (TPSA) is 528 Å². The number of aliphatic hydroxyl groups excluding tert-OH is 13. The SMILES string of the molecule is CCCCCCCCCCCOc1cccc(C(=O)N[C@@H]2C(O[C@H]3C(O)C(NC(C)=O)C(OC4C(CO)O[C@@H](O[C@H]5C(O)C(NC(C)=O)C(OC6C(CO[C@@H]7OC(C)[C@@H](O)C(O)[C@H]7OC)O[C@@H](O)[C@@H](NC(C)=O)[C@H]6O)O[C@H]5CO)[C@@H](NC(C)=O)[C@H]4O)O[C@H]3CO)OC(CO)[C@@H](O)[C@@H]2O)c1. The lowest BCUT2D eigenvalue weighted by atomic mass is 9.93. The van der Waals surface area contributed by atoms with E-state index in [-0.39, 0.29) is 5.56 Å². The van der Waals surface area contributed by atoms with Gasteiger partial charge in [-0.25, -0.2) is 0 Å². The van der Waals surface area contributed by atoms with Gasteiger partial charge in [-0.15, -0.1) is 0 Å². The van der Waals surface area contributed by atoms with Crippen LogP contribution in [0.4, 0.5) is 0 Å². The Morgan fingerprint density at radius 3 is 1.27 bits per heavy atom. The minimum atomic E-state index is -2.06. The van der Waals surface area contributed by atoms with Crippen LogP contribution in [-0.2, 0) is 76.0 Å². The molecular formula is C63H103N5O31. The van der Waals surface area contributed by atoms with E-state index in [9.17, 15) is 90.4 Å². The highest BCUT2D eigenvalue weighted by atomic mass is 16.8. The Labute approximate surface area is 572 Å². The van der Waals surface area contributed by atoms with Crippen molar-refractivity contribution in [1.82, 2.24) is 26.6 Å². The molecule has 6 heterocycles. The standard InChI is InChI=1S/C63H103N5O31/c1-8-9-10-11-12-13-14-15-16-20-88-33-19-17-18-32(21-33)57(85)68-40-46(79)45(78)34(22-69)92-59(40)96-52-35(23-70)93-60(41(48(52)81)65-29(4)74)97-53-36(24-71)94-61(42(49(53)82)66-30(5)75)98-54-37(25-72)95-62(43(50(54)83)67-31(6)76)99-55-38(91-58(86)39(47(55)80)64-28(3)73)26-89-63-56(87-7)51(84)44(77)27(2)90-63/h17-19,21,27,34-56,58-63,69-72,77-84,86H,8-16,20,22-26H2,1-7H3,(H,64,73)(H,65,74)(H,66,75)(H,67,76)(H,68,85)/t27?,34?,35-,36?,37-,38?,39-,40-,41?,42-,43?,44+,45+,46+,47+,48?,49+,50?,51?,52+,53?,54+,55?,56+,58+,59?,60?,61-,62?,63+/m0/s1. The van der Waals surface area contributed by atoms with Gasteiger partial charge in [-0.1, -0.05) is 64.4 Å². The van der Waals surface area contributed by atoms with Crippen LogP contribution in [0.25, 0.3) is 0 Å². The van der Waals surface area contributed by atoms with Crippen LogP contribution in [0.5, 0.6) is 5.75 Å². The lowest BCUT2D eigenvalue weighted by molar-refractivity contribution is -0.368. The van der Waals surface area contributed by atoms with Crippen LogP contribution in [-0.4, -0.2) is 327 Å². The monoisotopic (exact) mass is 1430 g/mol. The highest BCUT2D eigenvalue weighted by Crippen LogP contribution is 2.37. The lowest BCUT2D eigenvalue weighted by Crippen LogP contribution is -2.72. The number of unbranched alkanes of at least 4 members (excludes halogenated alkanes) is 8. The Morgan fingerprint density at radius 2 is 0.838 bits per heavy atom. The van der Waals surface area contributed by atoms with Gasteiger partial charge in [0, 0.05) is 40.4 Å². The van der Waals surface area contributed by atoms with Crippen LogP contribution in [0.2, 0.25) is 0 Å². The van der Waals surface area contributed by atoms with E-state index in [0.717, 1.165) is 53.4 Å². The largest absolute Gasteiger partial charge is 0.494 e. The summed E-state index contributed by atoms with van der Waals surface area (Å²) in [4.78, 5) is 65.1. The fraction of sp³-hybridized carbons (Fsp3) is 0.825. The highest BCUT2D eigenvalue weighted by Gasteiger charge is 2.58. The van der Waals surface area contributed by atoms with Gasteiger partial charge in [-0.05, 0) is 31.5 Å². The van der Waals surface area contributed by atoms with Gasteiger partial charge in [0.25, 0.3) is 5.91 Å². The number of amides is 5. The van der Waals surface area contributed by atoms with Crippen LogP contribution >= 0.6 is 0 Å². The second-order valence-corrected chi connectivity index (χ2v) is 25.6. The molecule has 5 amide bonds. The maximum atomic E-state index is 14.0. The van der Waals surface area contributed by atoms with Crippen LogP contribution < -0.4 is 31.3 Å². The molecule has 566 valence electrons. The molecule has 0 radical (unpaired) electrons. The molecule has 6 aliphatic heterocycles. The first-order valence-corrected chi connectivity index (χ1v) is 33.6. The molecule has 0 saturated carbocycles. The zero-order valence-corrected chi connectivity index (χ0v) is 56.4. The van der Waals surface area contributed by atoms with Gasteiger partial charge in [0.15, 0.2) is 37.7 Å². The molecule has 1 aromatic rings. The quantitative estimate of drug-likeness (QED) is 0.0291. The van der Waals surface area contributed by atoms with E-state index < -0.39 is 246 Å². The summed E-state index contributed by atoms with van der Waals surface area (Å²) in [5.41, 5.74) is 0.0622. The number of hydrogen-bond donors (Lipinski definition) is 18. The molecule has 7 rings (SSSR count). The average Bonchev–Trinajstić information content (AvgIpc) is 0.771. The maximum Gasteiger partial charge on any atom is 0.251 e. The first kappa shape index (κ1) is 81.7. The second kappa shape index (κ2) is 38.8. The first-order chi connectivity index (χ1) is 47.2. The molecule has 6 fully saturated rings. The molecule has 0 spiro atoms. The average molecular weight is 1430 g/mol. The van der Waals surface area contributed by atoms with Crippen LogP contribution in [0.3, 0.4) is 0 Å². The van der Waals surface area contributed by atoms with Gasteiger partial charge in [-0.2, -0.15) is 0 Å². The van der Waals surface area contributed by atoms with Crippen LogP contribution in [0.1, 0.15) is 110 Å². The number of benzene rings is 1. The number of ether oxygens (including phenoxy) is 13. The number of hydrogen-bond acceptors (Lipinski definition) is 31. The molecule has 1 aromatic carbocycles. The second-order valence-electron chi connectivity index (χ2n) is 25.6. The Kier molecular flexibility index (Phi) is 32.0. The fourth-order valence-electron chi connectivity index (χ4n) is 13.0. The summed E-state index contributed by atoms with van der Waals surface area (Å²) in [5.74, 6) is -3.63. The summed E-state index contributed by atoms with van der Waals surface area (Å²) in [6.45, 7) is 3.61. The van der Waals surface area contributed by atoms with Crippen molar-refractivity contribution in [2.75, 3.05) is 46.8 Å². The lowest BCUT2D eigenvalue weighted by Gasteiger charge is -2.51. The number of rotatable bonds is 33. The molecule has 14 unspecified atom stereocenters. The maximum absolute atomic E-state index is 14.0. The van der Waals surface area contributed by atoms with E-state index in [4.69, 9.17) is 61.6 Å². The third kappa shape index (κ3) is 21.1. The number of nitrogens with one attached hydrogen (secondary N) is 5. The molecule has 36 heteroatoms. The van der Waals surface area contributed by atoms with Gasteiger partial charge in [-0.3, -0.25) is 24.0 Å². The van der Waals surface area contributed by atoms with Crippen molar-refractivity contribution >= 4 is 29.5 Å². The van der Waals surface area contributed by atoms with Crippen molar-refractivity contribution in [2.45, 2.75) is 283 Å². The van der Waals surface area contributed by atoms with E-state index in [0.29, 0.717) is 12.4 Å². The summed E-state index contributed by atoms with van der Waals surface area (Å²) in [5, 5.41) is 159. The molecule has 18 N–H and O–H groups in total. The van der Waals surface area contributed by atoms with Crippen LogP contribution in [0, 0.1) is 0 Å². The molecular weight excluding hydrogens is 1320 g/mol. The number of carbonyl (C=O) groups excluding carboxylic acids is 5. The smallest absolute Gasteiger partial charge is 0.251 e. The van der Waals surface area contributed by atoms with E-state index in [2.05, 4.69) is 33.5 Å². The predicted molar refractivity (Wildman–Crippen MR) is 333 cm³/mol. The Bertz CT molecular complexity index is 2680. The van der Waals surface area contributed by atoms with Crippen molar-refractivity contribution in [3.63, 3.8) is 0 Å². The Balaban J connectivity index is 1.07. The van der Waals surface area contributed by atoms with Crippen molar-refractivity contribution in [3.05, 3.63) is 29.8 Å². The zero-order chi connectivity index (χ0) is 72.5. The molecule has 6 aliphatic rings. The predicted octanol–water partition coefficient (Wildman–Crippen LogP) is -6.50. The van der Waals surface area contributed by atoms with Gasteiger partial charge in [0.05, 0.1) is 45.7 Å². The zero-order valence-electron chi connectivity index (χ0n) is 56.4. The minimum absolute atomic E-state index is 0.0622. The molecule has 0 aliphatic carbocycles. The molecule has 36 nitrogen and oxygen atoms in total. The number of carbonyl (C=O) groups is 5. The molecule has 30 atom stereocenters. The Hall–Kier alpha value is -4.63. The van der Waals surface area contributed by atoms with Gasteiger partial charge in [0.2, 0.25) is 23.6 Å². The third-order valence-electron chi connectivity index (χ3n) is 18.2. The molecule has 6 saturated heterocycles. The highest BCUT2D eigenvalue weighted by molar-refractivity contribution is 5.94. The minimum Gasteiger partial charge on any atom is -0.494 e. The third-order valence-corrected chi connectivity index (χ3v) is 18.2. The summed E-state index contributed by atoms with van der Waals surface area (Å²) in [7, 11) is 1.21. The van der Waals surface area contributed by atoms with Gasteiger partial charge in [0.1, 0.15) is 146 Å². The van der Waals surface area contributed by atoms with Crippen molar-refractivity contribution in [2.24, 2.45) is 0 Å². The van der Waals surface area contributed by atoms with E-state index in [1.54, 1.807) is 12.1 Å². The van der Waals surface area contributed by atoms with E-state index >= 15 is 0 Å². The fourth-order valence-corrected chi connectivity index (χ4v) is 13.0. The van der Waals surface area contributed by atoms with Crippen LogP contribution in [0.15, 0.2) is 24.3 Å². The normalized spacial score (nSPS) is 39.5. The van der Waals surface area contributed by atoms with Gasteiger partial charge < -0.3 is 155 Å². The summed E-state index contributed by atoms with van der Waals surface area (Å²) < 4.78 is 78.0. The van der Waals surface area contributed by atoms with Crippen molar-refractivity contribution < 1.29 is 152 Å². The molecule has 99 heavy (non-hydrogen) atoms. The number of aliphatic hydroxyl groups is 13. The summed E-state index contributed by atoms with van der Waals surface area (Å²) in [6.07, 6.45) is -33.4. The van der Waals surface area contributed by atoms with Crippen molar-refractivity contribution in [3.8, 4) is 5.75 Å². The summed E-state index contributed by atoms with van der Waals surface area (Å²) >= 11 is 0. The van der Waals surface area contributed by atoms with E-state index in [1.165, 1.54) is 58.3 Å². The number of methoxy groups -OCH3 is 1.